The van der Waals surface area contributed by atoms with Crippen molar-refractivity contribution in [3.8, 4) is 0 Å². The molecule has 2 fully saturated rings. The number of carbonyl (C=O) groups excluding carboxylic acids is 1. The van der Waals surface area contributed by atoms with Gasteiger partial charge in [-0.05, 0) is 18.8 Å². The highest BCUT2D eigenvalue weighted by molar-refractivity contribution is 5.85. The van der Waals surface area contributed by atoms with Crippen molar-refractivity contribution in [1.29, 1.82) is 0 Å². The molecule has 0 N–H and O–H groups in total. The molecule has 3 atom stereocenters. The second-order valence-corrected chi connectivity index (χ2v) is 3.31. The smallest absolute Gasteiger partial charge is 0.138 e. The molecule has 0 aliphatic heterocycles. The normalized spacial score (nSPS) is 44.9. The van der Waals surface area contributed by atoms with E-state index in [2.05, 4.69) is 0 Å². The summed E-state index contributed by atoms with van der Waals surface area (Å²) in [6.07, 6.45) is 3.33. The lowest BCUT2D eigenvalue weighted by Crippen LogP contribution is -2.17. The molecule has 0 spiro atoms. The van der Waals surface area contributed by atoms with Gasteiger partial charge in [-0.3, -0.25) is 4.79 Å². The molecule has 0 saturated heterocycles. The van der Waals surface area contributed by atoms with E-state index in [1.54, 1.807) is 7.11 Å². The standard InChI is InChI=1S/C8H12O2/c1-10-8-5-2-3-6(8)7(9)4-5/h5-6,8H,2-4H2,1H3/t5-,6+,8+/m1/s1. The summed E-state index contributed by atoms with van der Waals surface area (Å²) in [5.41, 5.74) is 0. The van der Waals surface area contributed by atoms with Crippen LogP contribution in [-0.2, 0) is 9.53 Å². The van der Waals surface area contributed by atoms with E-state index < -0.39 is 0 Å². The first-order chi connectivity index (χ1) is 4.83. The number of fused-ring (bicyclic) bond motifs is 2. The summed E-state index contributed by atoms with van der Waals surface area (Å²) in [6.45, 7) is 0. The van der Waals surface area contributed by atoms with Gasteiger partial charge in [0.05, 0.1) is 6.10 Å². The Balaban J connectivity index is 2.18. The van der Waals surface area contributed by atoms with Crippen LogP contribution in [0.2, 0.25) is 0 Å². The first kappa shape index (κ1) is 6.35. The summed E-state index contributed by atoms with van der Waals surface area (Å²) in [4.78, 5) is 11.1. The molecule has 56 valence electrons. The number of methoxy groups -OCH3 is 1. The molecule has 0 aromatic carbocycles. The SMILES string of the molecule is CO[C@H]1[C@@H]2CC[C@H]1C(=O)C2. The zero-order valence-electron chi connectivity index (χ0n) is 6.17. The Morgan fingerprint density at radius 3 is 2.60 bits per heavy atom. The Kier molecular flexibility index (Phi) is 1.31. The van der Waals surface area contributed by atoms with Gasteiger partial charge >= 0.3 is 0 Å². The van der Waals surface area contributed by atoms with E-state index in [1.165, 1.54) is 6.42 Å². The summed E-state index contributed by atoms with van der Waals surface area (Å²) in [6, 6.07) is 0. The monoisotopic (exact) mass is 140 g/mol. The van der Waals surface area contributed by atoms with E-state index in [0.717, 1.165) is 12.8 Å². The van der Waals surface area contributed by atoms with Crippen molar-refractivity contribution in [2.75, 3.05) is 7.11 Å². The fourth-order valence-corrected chi connectivity index (χ4v) is 2.38. The van der Waals surface area contributed by atoms with Crippen LogP contribution in [0.25, 0.3) is 0 Å². The van der Waals surface area contributed by atoms with Gasteiger partial charge in [-0.1, -0.05) is 0 Å². The minimum Gasteiger partial charge on any atom is -0.380 e. The van der Waals surface area contributed by atoms with Crippen molar-refractivity contribution in [1.82, 2.24) is 0 Å². The molecular weight excluding hydrogens is 128 g/mol. The quantitative estimate of drug-likeness (QED) is 0.543. The van der Waals surface area contributed by atoms with Crippen molar-refractivity contribution in [2.45, 2.75) is 25.4 Å². The number of carbonyl (C=O) groups is 1. The predicted molar refractivity (Wildman–Crippen MR) is 36.6 cm³/mol. The molecule has 2 aliphatic rings. The third kappa shape index (κ3) is 0.655. The zero-order chi connectivity index (χ0) is 7.14. The fraction of sp³-hybridized carbons (Fsp3) is 0.875. The molecule has 0 aromatic rings. The third-order valence-electron chi connectivity index (χ3n) is 2.86. The maximum absolute atomic E-state index is 11.1. The molecule has 0 unspecified atom stereocenters. The summed E-state index contributed by atoms with van der Waals surface area (Å²) in [7, 11) is 1.72. The summed E-state index contributed by atoms with van der Waals surface area (Å²) in [5, 5.41) is 0. The molecule has 2 bridgehead atoms. The van der Waals surface area contributed by atoms with E-state index >= 15 is 0 Å². The Morgan fingerprint density at radius 1 is 1.50 bits per heavy atom. The van der Waals surface area contributed by atoms with Crippen molar-refractivity contribution in [3.05, 3.63) is 0 Å². The van der Waals surface area contributed by atoms with Crippen LogP contribution in [0.15, 0.2) is 0 Å². The highest BCUT2D eigenvalue weighted by atomic mass is 16.5. The van der Waals surface area contributed by atoms with Gasteiger partial charge < -0.3 is 4.74 Å². The Morgan fingerprint density at radius 2 is 2.30 bits per heavy atom. The largest absolute Gasteiger partial charge is 0.380 e. The van der Waals surface area contributed by atoms with Crippen LogP contribution in [0.5, 0.6) is 0 Å². The molecule has 2 aliphatic carbocycles. The fourth-order valence-electron chi connectivity index (χ4n) is 2.38. The van der Waals surface area contributed by atoms with Gasteiger partial charge in [0.15, 0.2) is 0 Å². The lowest BCUT2D eigenvalue weighted by Gasteiger charge is -2.10. The molecule has 2 rings (SSSR count). The van der Waals surface area contributed by atoms with Gasteiger partial charge in [-0.2, -0.15) is 0 Å². The molecule has 2 nitrogen and oxygen atoms in total. The van der Waals surface area contributed by atoms with Crippen molar-refractivity contribution >= 4 is 5.78 Å². The molecule has 0 aromatic heterocycles. The average molecular weight is 140 g/mol. The summed E-state index contributed by atoms with van der Waals surface area (Å²) < 4.78 is 5.25. The summed E-state index contributed by atoms with van der Waals surface area (Å²) >= 11 is 0. The highest BCUT2D eigenvalue weighted by Crippen LogP contribution is 2.43. The van der Waals surface area contributed by atoms with Crippen LogP contribution in [-0.4, -0.2) is 19.0 Å². The number of Topliss-reactive ketones (excluding diaryl/α,β-unsaturated/α-hetero) is 1. The van der Waals surface area contributed by atoms with Crippen LogP contribution < -0.4 is 0 Å². The van der Waals surface area contributed by atoms with Gasteiger partial charge in [-0.15, -0.1) is 0 Å². The van der Waals surface area contributed by atoms with Crippen LogP contribution >= 0.6 is 0 Å². The van der Waals surface area contributed by atoms with Gasteiger partial charge in [-0.25, -0.2) is 0 Å². The second kappa shape index (κ2) is 2.06. The third-order valence-corrected chi connectivity index (χ3v) is 2.86. The lowest BCUT2D eigenvalue weighted by atomic mass is 10.00. The number of rotatable bonds is 1. The highest BCUT2D eigenvalue weighted by Gasteiger charge is 2.47. The van der Waals surface area contributed by atoms with Crippen molar-refractivity contribution in [3.63, 3.8) is 0 Å². The molecule has 0 amide bonds. The molecular formula is C8H12O2. The van der Waals surface area contributed by atoms with E-state index in [-0.39, 0.29) is 12.0 Å². The topological polar surface area (TPSA) is 26.3 Å². The maximum atomic E-state index is 11.1. The first-order valence-corrected chi connectivity index (χ1v) is 3.88. The lowest BCUT2D eigenvalue weighted by molar-refractivity contribution is -0.122. The average Bonchev–Trinajstić information content (AvgIpc) is 2.42. The zero-order valence-corrected chi connectivity index (χ0v) is 6.17. The van der Waals surface area contributed by atoms with Gasteiger partial charge in [0, 0.05) is 19.4 Å². The van der Waals surface area contributed by atoms with Crippen molar-refractivity contribution in [2.24, 2.45) is 11.8 Å². The van der Waals surface area contributed by atoms with Crippen LogP contribution in [0, 0.1) is 11.8 Å². The molecule has 0 radical (unpaired) electrons. The maximum Gasteiger partial charge on any atom is 0.138 e. The Bertz CT molecular complexity index is 165. The Labute approximate surface area is 60.6 Å². The van der Waals surface area contributed by atoms with Crippen LogP contribution in [0.1, 0.15) is 19.3 Å². The number of ether oxygens (including phenoxy) is 1. The van der Waals surface area contributed by atoms with E-state index in [0.29, 0.717) is 11.7 Å². The molecule has 0 heterocycles. The van der Waals surface area contributed by atoms with E-state index in [4.69, 9.17) is 4.74 Å². The first-order valence-electron chi connectivity index (χ1n) is 3.88. The van der Waals surface area contributed by atoms with Gasteiger partial charge in [0.25, 0.3) is 0 Å². The van der Waals surface area contributed by atoms with Gasteiger partial charge in [0.2, 0.25) is 0 Å². The Hall–Kier alpha value is -0.370. The molecule has 10 heavy (non-hydrogen) atoms. The van der Waals surface area contributed by atoms with Crippen molar-refractivity contribution < 1.29 is 9.53 Å². The minimum absolute atomic E-state index is 0.259. The van der Waals surface area contributed by atoms with Crippen LogP contribution in [0.3, 0.4) is 0 Å². The number of hydrogen-bond acceptors (Lipinski definition) is 2. The molecule has 2 saturated carbocycles. The van der Waals surface area contributed by atoms with E-state index in [1.807, 2.05) is 0 Å². The summed E-state index contributed by atoms with van der Waals surface area (Å²) in [5.74, 6) is 1.25. The number of ketones is 1. The van der Waals surface area contributed by atoms with Crippen LogP contribution in [0.4, 0.5) is 0 Å². The minimum atomic E-state index is 0.259. The second-order valence-electron chi connectivity index (χ2n) is 3.31. The van der Waals surface area contributed by atoms with E-state index in [9.17, 15) is 4.79 Å². The van der Waals surface area contributed by atoms with Gasteiger partial charge in [0.1, 0.15) is 5.78 Å². The number of hydrogen-bond donors (Lipinski definition) is 0. The predicted octanol–water partition coefficient (Wildman–Crippen LogP) is 1.00. The molecule has 2 heteroatoms.